The van der Waals surface area contributed by atoms with E-state index >= 15 is 0 Å². The molecule has 0 spiro atoms. The van der Waals surface area contributed by atoms with Crippen molar-refractivity contribution in [3.63, 3.8) is 0 Å². The average molecular weight is 491 g/mol. The minimum Gasteiger partial charge on any atom is -0.489 e. The van der Waals surface area contributed by atoms with Crippen LogP contribution in [0.15, 0.2) is 71.5 Å². The van der Waals surface area contributed by atoms with Crippen LogP contribution in [0.1, 0.15) is 27.2 Å². The standard InChI is InChI=1S/C26H23ClN4O4/c1-16-13-20(11-12-23(16)27)35-15-18-7-9-19(10-8-18)25(33)29-28-24(32)14-31-26(34)22-6-4-3-5-21(22)17(2)30-31/h3-13H,14-15H2,1-2H3,(H,28,32)(H,29,33). The fourth-order valence-corrected chi connectivity index (χ4v) is 3.63. The van der Waals surface area contributed by atoms with Gasteiger partial charge in [-0.2, -0.15) is 5.10 Å². The van der Waals surface area contributed by atoms with Crippen molar-refractivity contribution in [3.05, 3.63) is 104 Å². The maximum atomic E-state index is 12.6. The molecule has 2 amide bonds. The number of fused-ring (bicyclic) bond motifs is 1. The molecule has 1 heterocycles. The highest BCUT2D eigenvalue weighted by molar-refractivity contribution is 6.31. The lowest BCUT2D eigenvalue weighted by molar-refractivity contribution is -0.122. The van der Waals surface area contributed by atoms with Crippen LogP contribution >= 0.6 is 11.6 Å². The Morgan fingerprint density at radius 2 is 1.69 bits per heavy atom. The van der Waals surface area contributed by atoms with Crippen molar-refractivity contribution in [2.75, 3.05) is 0 Å². The molecule has 8 nitrogen and oxygen atoms in total. The third-order valence-electron chi connectivity index (χ3n) is 5.41. The van der Waals surface area contributed by atoms with E-state index in [0.29, 0.717) is 34.0 Å². The van der Waals surface area contributed by atoms with Gasteiger partial charge in [0.2, 0.25) is 0 Å². The summed E-state index contributed by atoms with van der Waals surface area (Å²) >= 11 is 6.03. The Kier molecular flexibility index (Phi) is 7.12. The Morgan fingerprint density at radius 3 is 2.40 bits per heavy atom. The molecule has 0 atom stereocenters. The summed E-state index contributed by atoms with van der Waals surface area (Å²) in [4.78, 5) is 37.3. The van der Waals surface area contributed by atoms with Gasteiger partial charge in [-0.3, -0.25) is 25.2 Å². The number of ether oxygens (including phenoxy) is 1. The number of benzene rings is 3. The van der Waals surface area contributed by atoms with Gasteiger partial charge in [0.25, 0.3) is 17.4 Å². The lowest BCUT2D eigenvalue weighted by Crippen LogP contribution is -2.44. The second-order valence-corrected chi connectivity index (χ2v) is 8.40. The molecule has 0 saturated carbocycles. The maximum Gasteiger partial charge on any atom is 0.275 e. The monoisotopic (exact) mass is 490 g/mol. The van der Waals surface area contributed by atoms with Crippen LogP contribution in [0, 0.1) is 13.8 Å². The molecule has 0 saturated heterocycles. The van der Waals surface area contributed by atoms with E-state index in [1.165, 1.54) is 0 Å². The van der Waals surface area contributed by atoms with Crippen LogP contribution in [-0.2, 0) is 17.9 Å². The molecule has 0 fully saturated rings. The second kappa shape index (κ2) is 10.4. The van der Waals surface area contributed by atoms with E-state index in [1.807, 2.05) is 19.1 Å². The van der Waals surface area contributed by atoms with Gasteiger partial charge >= 0.3 is 0 Å². The fourth-order valence-electron chi connectivity index (χ4n) is 3.51. The predicted molar refractivity (Wildman–Crippen MR) is 133 cm³/mol. The van der Waals surface area contributed by atoms with Gasteiger partial charge in [0.15, 0.2) is 0 Å². The van der Waals surface area contributed by atoms with Crippen molar-refractivity contribution in [2.24, 2.45) is 0 Å². The van der Waals surface area contributed by atoms with E-state index in [-0.39, 0.29) is 12.1 Å². The molecule has 178 valence electrons. The Balaban J connectivity index is 1.31. The highest BCUT2D eigenvalue weighted by atomic mass is 35.5. The van der Waals surface area contributed by atoms with E-state index in [2.05, 4.69) is 16.0 Å². The zero-order valence-corrected chi connectivity index (χ0v) is 19.9. The van der Waals surface area contributed by atoms with Crippen molar-refractivity contribution >= 4 is 34.2 Å². The number of rotatable bonds is 6. The number of amides is 2. The van der Waals surface area contributed by atoms with Crippen LogP contribution < -0.4 is 21.1 Å². The number of hydrogen-bond acceptors (Lipinski definition) is 5. The topological polar surface area (TPSA) is 102 Å². The largest absolute Gasteiger partial charge is 0.489 e. The molecule has 0 aliphatic heterocycles. The average Bonchev–Trinajstić information content (AvgIpc) is 2.86. The van der Waals surface area contributed by atoms with Gasteiger partial charge in [-0.05, 0) is 61.4 Å². The SMILES string of the molecule is Cc1cc(OCc2ccc(C(=O)NNC(=O)Cn3nc(C)c4ccccc4c3=O)cc2)ccc1Cl. The molecular formula is C26H23ClN4O4. The summed E-state index contributed by atoms with van der Waals surface area (Å²) in [5.74, 6) is -0.369. The third kappa shape index (κ3) is 5.67. The zero-order chi connectivity index (χ0) is 24.9. The Bertz CT molecular complexity index is 1460. The van der Waals surface area contributed by atoms with E-state index in [1.54, 1.807) is 61.5 Å². The quantitative estimate of drug-likeness (QED) is 0.401. The molecule has 35 heavy (non-hydrogen) atoms. The Labute approximate surface area is 206 Å². The van der Waals surface area contributed by atoms with Crippen LogP contribution in [0.5, 0.6) is 5.75 Å². The third-order valence-corrected chi connectivity index (χ3v) is 5.84. The van der Waals surface area contributed by atoms with Gasteiger partial charge in [-0.1, -0.05) is 41.9 Å². The molecule has 0 radical (unpaired) electrons. The normalized spacial score (nSPS) is 10.7. The molecule has 4 rings (SSSR count). The molecule has 0 aliphatic carbocycles. The van der Waals surface area contributed by atoms with Crippen LogP contribution in [-0.4, -0.2) is 21.6 Å². The van der Waals surface area contributed by atoms with Crippen molar-refractivity contribution in [1.82, 2.24) is 20.6 Å². The lowest BCUT2D eigenvalue weighted by Gasteiger charge is -2.11. The molecule has 0 unspecified atom stereocenters. The summed E-state index contributed by atoms with van der Waals surface area (Å²) in [6, 6.07) is 19.3. The molecule has 9 heteroatoms. The van der Waals surface area contributed by atoms with Gasteiger partial charge < -0.3 is 4.74 Å². The first kappa shape index (κ1) is 24.0. The van der Waals surface area contributed by atoms with E-state index in [4.69, 9.17) is 16.3 Å². The number of hydrogen-bond donors (Lipinski definition) is 2. The minimum absolute atomic E-state index is 0.326. The fraction of sp³-hybridized carbons (Fsp3) is 0.154. The number of nitrogens with one attached hydrogen (secondary N) is 2. The van der Waals surface area contributed by atoms with E-state index in [9.17, 15) is 14.4 Å². The molecule has 1 aromatic heterocycles. The van der Waals surface area contributed by atoms with Crippen molar-refractivity contribution in [1.29, 1.82) is 0 Å². The predicted octanol–water partition coefficient (Wildman–Crippen LogP) is 3.71. The number of halogens is 1. The van der Waals surface area contributed by atoms with Crippen LogP contribution in [0.3, 0.4) is 0 Å². The summed E-state index contributed by atoms with van der Waals surface area (Å²) in [5.41, 5.74) is 7.08. The van der Waals surface area contributed by atoms with Crippen LogP contribution in [0.25, 0.3) is 10.8 Å². The van der Waals surface area contributed by atoms with E-state index in [0.717, 1.165) is 21.2 Å². The van der Waals surface area contributed by atoms with Crippen molar-refractivity contribution < 1.29 is 14.3 Å². The molecular weight excluding hydrogens is 468 g/mol. The Hall–Kier alpha value is -4.17. The van der Waals surface area contributed by atoms with Crippen LogP contribution in [0.2, 0.25) is 5.02 Å². The number of carbonyl (C=O) groups excluding carboxylic acids is 2. The maximum absolute atomic E-state index is 12.6. The molecule has 3 aromatic carbocycles. The summed E-state index contributed by atoms with van der Waals surface area (Å²) in [5, 5.41) is 6.09. The van der Waals surface area contributed by atoms with E-state index < -0.39 is 11.8 Å². The summed E-state index contributed by atoms with van der Waals surface area (Å²) in [7, 11) is 0. The van der Waals surface area contributed by atoms with Crippen molar-refractivity contribution in [2.45, 2.75) is 27.0 Å². The number of hydrazine groups is 1. The van der Waals surface area contributed by atoms with Gasteiger partial charge in [-0.15, -0.1) is 0 Å². The highest BCUT2D eigenvalue weighted by Crippen LogP contribution is 2.22. The first-order valence-corrected chi connectivity index (χ1v) is 11.2. The summed E-state index contributed by atoms with van der Waals surface area (Å²) in [6.45, 7) is 3.67. The number of nitrogens with zero attached hydrogens (tertiary/aromatic N) is 2. The summed E-state index contributed by atoms with van der Waals surface area (Å²) < 4.78 is 6.84. The van der Waals surface area contributed by atoms with Gasteiger partial charge in [-0.25, -0.2) is 4.68 Å². The van der Waals surface area contributed by atoms with Gasteiger partial charge in [0.1, 0.15) is 18.9 Å². The van der Waals surface area contributed by atoms with Gasteiger partial charge in [0, 0.05) is 16.0 Å². The Morgan fingerprint density at radius 1 is 0.971 bits per heavy atom. The zero-order valence-electron chi connectivity index (χ0n) is 19.2. The number of carbonyl (C=O) groups is 2. The van der Waals surface area contributed by atoms with Gasteiger partial charge in [0.05, 0.1) is 11.1 Å². The lowest BCUT2D eigenvalue weighted by atomic mass is 10.1. The number of aryl methyl sites for hydroxylation is 2. The molecule has 2 N–H and O–H groups in total. The molecule has 0 bridgehead atoms. The van der Waals surface area contributed by atoms with Crippen molar-refractivity contribution in [3.8, 4) is 5.75 Å². The smallest absolute Gasteiger partial charge is 0.275 e. The second-order valence-electron chi connectivity index (χ2n) is 7.99. The minimum atomic E-state index is -0.578. The first-order chi connectivity index (χ1) is 16.8. The molecule has 4 aromatic rings. The van der Waals surface area contributed by atoms with Crippen LogP contribution in [0.4, 0.5) is 0 Å². The first-order valence-electron chi connectivity index (χ1n) is 10.9. The summed E-state index contributed by atoms with van der Waals surface area (Å²) in [6.07, 6.45) is 0. The number of aromatic nitrogens is 2. The highest BCUT2D eigenvalue weighted by Gasteiger charge is 2.12. The molecule has 0 aliphatic rings.